The number of fused-ring (bicyclic) bond motifs is 1. The Kier molecular flexibility index (Phi) is 3.18. The van der Waals surface area contributed by atoms with E-state index in [0.717, 1.165) is 5.82 Å². The van der Waals surface area contributed by atoms with Crippen molar-refractivity contribution in [2.75, 3.05) is 11.9 Å². The maximum absolute atomic E-state index is 10.7. The number of anilines is 1. The van der Waals surface area contributed by atoms with Crippen LogP contribution in [0.1, 0.15) is 26.5 Å². The molecule has 2 rings (SSSR count). The third kappa shape index (κ3) is 2.83. The molecule has 0 aliphatic heterocycles. The minimum atomic E-state index is -0.893. The Hall–Kier alpha value is -2.11. The monoisotopic (exact) mass is 262 g/mol. The molecule has 0 fully saturated rings. The van der Waals surface area contributed by atoms with E-state index >= 15 is 0 Å². The fourth-order valence-electron chi connectivity index (χ4n) is 1.68. The van der Waals surface area contributed by atoms with Gasteiger partial charge in [-0.1, -0.05) is 0 Å². The first kappa shape index (κ1) is 13.3. The van der Waals surface area contributed by atoms with Crippen LogP contribution in [0.15, 0.2) is 18.3 Å². The van der Waals surface area contributed by atoms with Gasteiger partial charge in [-0.3, -0.25) is 4.79 Å². The third-order valence-corrected chi connectivity index (χ3v) is 3.04. The predicted octanol–water partition coefficient (Wildman–Crippen LogP) is 1.59. The van der Waals surface area contributed by atoms with Crippen molar-refractivity contribution in [3.8, 4) is 0 Å². The summed E-state index contributed by atoms with van der Waals surface area (Å²) in [6, 6.07) is 3.73. The molecule has 0 aliphatic rings. The molecule has 0 aromatic carbocycles. The van der Waals surface area contributed by atoms with Crippen LogP contribution in [-0.2, 0) is 11.2 Å². The molecule has 0 bridgehead atoms. The summed E-state index contributed by atoms with van der Waals surface area (Å²) in [5.41, 5.74) is 1.13. The molecule has 0 saturated heterocycles. The predicted molar refractivity (Wildman–Crippen MR) is 72.5 cm³/mol. The van der Waals surface area contributed by atoms with Crippen LogP contribution in [-0.4, -0.2) is 38.3 Å². The SMILES string of the molecule is CN(c1ccc2nc(CC(=O)O)cn2n1)C(C)(C)C. The average Bonchev–Trinajstić information content (AvgIpc) is 2.66. The van der Waals surface area contributed by atoms with Crippen LogP contribution >= 0.6 is 0 Å². The number of aliphatic carboxylic acids is 1. The lowest BCUT2D eigenvalue weighted by molar-refractivity contribution is -0.136. The summed E-state index contributed by atoms with van der Waals surface area (Å²) < 4.78 is 1.62. The number of nitrogens with zero attached hydrogens (tertiary/aromatic N) is 4. The summed E-state index contributed by atoms with van der Waals surface area (Å²) in [5, 5.41) is 13.2. The van der Waals surface area contributed by atoms with Crippen molar-refractivity contribution in [2.24, 2.45) is 0 Å². The number of carbonyl (C=O) groups is 1. The highest BCUT2D eigenvalue weighted by Gasteiger charge is 2.19. The first-order valence-corrected chi connectivity index (χ1v) is 6.08. The van der Waals surface area contributed by atoms with Gasteiger partial charge in [0, 0.05) is 12.6 Å². The standard InChI is InChI=1S/C13H18N4O2/c1-13(2,3)16(4)11-6-5-10-14-9(7-12(18)19)8-17(10)15-11/h5-6,8H,7H2,1-4H3,(H,18,19). The topological polar surface area (TPSA) is 70.7 Å². The Morgan fingerprint density at radius 2 is 2.11 bits per heavy atom. The van der Waals surface area contributed by atoms with E-state index < -0.39 is 5.97 Å². The van der Waals surface area contributed by atoms with Gasteiger partial charge in [0.05, 0.1) is 18.3 Å². The fourth-order valence-corrected chi connectivity index (χ4v) is 1.68. The van der Waals surface area contributed by atoms with E-state index in [1.165, 1.54) is 0 Å². The highest BCUT2D eigenvalue weighted by atomic mass is 16.4. The fraction of sp³-hybridized carbons (Fsp3) is 0.462. The molecular formula is C13H18N4O2. The molecule has 0 aliphatic carbocycles. The molecule has 0 amide bonds. The van der Waals surface area contributed by atoms with Gasteiger partial charge in [-0.05, 0) is 32.9 Å². The summed E-state index contributed by atoms with van der Waals surface area (Å²) in [4.78, 5) is 16.9. The van der Waals surface area contributed by atoms with Crippen molar-refractivity contribution in [3.05, 3.63) is 24.0 Å². The van der Waals surface area contributed by atoms with E-state index in [2.05, 4.69) is 35.8 Å². The minimum Gasteiger partial charge on any atom is -0.481 e. The smallest absolute Gasteiger partial charge is 0.309 e. The molecule has 6 nitrogen and oxygen atoms in total. The number of aromatic nitrogens is 3. The zero-order chi connectivity index (χ0) is 14.2. The molecular weight excluding hydrogens is 244 g/mol. The first-order chi connectivity index (χ1) is 8.77. The zero-order valence-electron chi connectivity index (χ0n) is 11.6. The van der Waals surface area contributed by atoms with Crippen molar-refractivity contribution < 1.29 is 9.90 Å². The minimum absolute atomic E-state index is 0.0366. The van der Waals surface area contributed by atoms with Gasteiger partial charge >= 0.3 is 5.97 Å². The maximum atomic E-state index is 10.7. The van der Waals surface area contributed by atoms with Gasteiger partial charge in [-0.25, -0.2) is 9.50 Å². The molecule has 0 atom stereocenters. The van der Waals surface area contributed by atoms with Crippen LogP contribution in [0.4, 0.5) is 5.82 Å². The van der Waals surface area contributed by atoms with E-state index in [9.17, 15) is 4.79 Å². The van der Waals surface area contributed by atoms with Crippen molar-refractivity contribution >= 4 is 17.4 Å². The Morgan fingerprint density at radius 1 is 1.42 bits per heavy atom. The van der Waals surface area contributed by atoms with Crippen LogP contribution in [0.5, 0.6) is 0 Å². The van der Waals surface area contributed by atoms with E-state index in [1.807, 2.05) is 19.2 Å². The van der Waals surface area contributed by atoms with Gasteiger partial charge in [0.25, 0.3) is 0 Å². The molecule has 0 radical (unpaired) electrons. The second kappa shape index (κ2) is 4.53. The quantitative estimate of drug-likeness (QED) is 0.909. The number of carboxylic acid groups (broad SMARTS) is 1. The van der Waals surface area contributed by atoms with Gasteiger partial charge < -0.3 is 10.0 Å². The van der Waals surface area contributed by atoms with E-state index in [0.29, 0.717) is 11.3 Å². The van der Waals surface area contributed by atoms with E-state index in [1.54, 1.807) is 10.7 Å². The molecule has 0 saturated carbocycles. The largest absolute Gasteiger partial charge is 0.481 e. The molecule has 2 aromatic heterocycles. The number of hydrogen-bond acceptors (Lipinski definition) is 4. The van der Waals surface area contributed by atoms with Crippen molar-refractivity contribution in [3.63, 3.8) is 0 Å². The van der Waals surface area contributed by atoms with E-state index in [4.69, 9.17) is 5.11 Å². The van der Waals surface area contributed by atoms with Crippen LogP contribution in [0, 0.1) is 0 Å². The summed E-state index contributed by atoms with van der Waals surface area (Å²) >= 11 is 0. The van der Waals surface area contributed by atoms with Crippen LogP contribution < -0.4 is 4.90 Å². The second-order valence-corrected chi connectivity index (χ2v) is 5.53. The zero-order valence-corrected chi connectivity index (χ0v) is 11.6. The maximum Gasteiger partial charge on any atom is 0.309 e. The van der Waals surface area contributed by atoms with Gasteiger partial charge in [0.1, 0.15) is 5.82 Å². The Balaban J connectivity index is 2.38. The molecule has 2 heterocycles. The average molecular weight is 262 g/mol. The van der Waals surface area contributed by atoms with Crippen molar-refractivity contribution in [2.45, 2.75) is 32.7 Å². The third-order valence-electron chi connectivity index (χ3n) is 3.04. The highest BCUT2D eigenvalue weighted by Crippen LogP contribution is 2.19. The summed E-state index contributed by atoms with van der Waals surface area (Å²) in [7, 11) is 1.98. The van der Waals surface area contributed by atoms with Crippen LogP contribution in [0.3, 0.4) is 0 Å². The molecule has 0 spiro atoms. The summed E-state index contributed by atoms with van der Waals surface area (Å²) in [5.74, 6) is -0.0743. The normalized spacial score (nSPS) is 11.8. The Labute approximate surface area is 111 Å². The van der Waals surface area contributed by atoms with Gasteiger partial charge in [-0.2, -0.15) is 0 Å². The van der Waals surface area contributed by atoms with E-state index in [-0.39, 0.29) is 12.0 Å². The number of imidazole rings is 1. The molecule has 19 heavy (non-hydrogen) atoms. The molecule has 0 unspecified atom stereocenters. The Morgan fingerprint density at radius 3 is 2.68 bits per heavy atom. The lowest BCUT2D eigenvalue weighted by atomic mass is 10.1. The second-order valence-electron chi connectivity index (χ2n) is 5.53. The lowest BCUT2D eigenvalue weighted by Crippen LogP contribution is -2.38. The van der Waals surface area contributed by atoms with Gasteiger partial charge in [0.2, 0.25) is 0 Å². The lowest BCUT2D eigenvalue weighted by Gasteiger charge is -2.32. The first-order valence-electron chi connectivity index (χ1n) is 6.08. The number of rotatable bonds is 3. The van der Waals surface area contributed by atoms with Gasteiger partial charge in [0.15, 0.2) is 5.65 Å². The Bertz CT molecular complexity index is 613. The molecule has 1 N–H and O–H groups in total. The number of hydrogen-bond donors (Lipinski definition) is 1. The van der Waals surface area contributed by atoms with Crippen LogP contribution in [0.25, 0.3) is 5.65 Å². The van der Waals surface area contributed by atoms with Gasteiger partial charge in [-0.15, -0.1) is 5.10 Å². The molecule has 6 heteroatoms. The van der Waals surface area contributed by atoms with Crippen LogP contribution in [0.2, 0.25) is 0 Å². The molecule has 2 aromatic rings. The summed E-state index contributed by atoms with van der Waals surface area (Å²) in [6.07, 6.45) is 1.57. The molecule has 102 valence electrons. The van der Waals surface area contributed by atoms with Crippen molar-refractivity contribution in [1.29, 1.82) is 0 Å². The number of carboxylic acids is 1. The van der Waals surface area contributed by atoms with Crippen molar-refractivity contribution in [1.82, 2.24) is 14.6 Å². The summed E-state index contributed by atoms with van der Waals surface area (Å²) in [6.45, 7) is 6.30. The highest BCUT2D eigenvalue weighted by molar-refractivity contribution is 5.69.